The summed E-state index contributed by atoms with van der Waals surface area (Å²) in [6.45, 7) is 2.69. The summed E-state index contributed by atoms with van der Waals surface area (Å²) < 4.78 is 45.7. The molecule has 0 spiro atoms. The Morgan fingerprint density at radius 2 is 1.94 bits per heavy atom. The van der Waals surface area contributed by atoms with E-state index < -0.39 is 15.1 Å². The van der Waals surface area contributed by atoms with Crippen molar-refractivity contribution in [3.63, 3.8) is 0 Å². The molecule has 2 aromatic heterocycles. The molecule has 0 amide bonds. The monoisotopic (exact) mass is 440 g/mol. The minimum atomic E-state index is -3.51. The van der Waals surface area contributed by atoms with Gasteiger partial charge < -0.3 is 10.1 Å². The summed E-state index contributed by atoms with van der Waals surface area (Å²) in [6.07, 6.45) is 2.62. The fraction of sp³-hybridized carbons (Fsp3) is 0.273. The van der Waals surface area contributed by atoms with Crippen LogP contribution in [-0.4, -0.2) is 42.1 Å². The molecule has 7 nitrogen and oxygen atoms in total. The van der Waals surface area contributed by atoms with Crippen molar-refractivity contribution >= 4 is 43.1 Å². The molecular weight excluding hydrogens is 419 g/mol. The van der Waals surface area contributed by atoms with Crippen molar-refractivity contribution in [3.05, 3.63) is 54.0 Å². The molecule has 160 valence electrons. The van der Waals surface area contributed by atoms with E-state index in [1.54, 1.807) is 37.4 Å². The first-order valence-electron chi connectivity index (χ1n) is 10.0. The predicted octanol–water partition coefficient (Wildman–Crippen LogP) is 4.25. The number of hydrogen-bond acceptors (Lipinski definition) is 6. The lowest BCUT2D eigenvalue weighted by molar-refractivity contribution is 0.0983. The highest BCUT2D eigenvalue weighted by atomic mass is 32.2. The van der Waals surface area contributed by atoms with Crippen LogP contribution in [0.15, 0.2) is 47.5 Å². The summed E-state index contributed by atoms with van der Waals surface area (Å²) in [5.41, 5.74) is 2.67. The van der Waals surface area contributed by atoms with Crippen LogP contribution in [0.5, 0.6) is 0 Å². The molecule has 0 radical (unpaired) electrons. The van der Waals surface area contributed by atoms with Crippen molar-refractivity contribution in [1.82, 2.24) is 15.2 Å². The average molecular weight is 441 g/mol. The van der Waals surface area contributed by atoms with Gasteiger partial charge in [0.15, 0.2) is 15.7 Å². The number of hydrogen-bond donors (Lipinski definition) is 2. The number of aromatic nitrogens is 3. The molecule has 1 saturated heterocycles. The van der Waals surface area contributed by atoms with E-state index in [2.05, 4.69) is 20.5 Å². The summed E-state index contributed by atoms with van der Waals surface area (Å²) in [6, 6.07) is 9.60. The van der Waals surface area contributed by atoms with Crippen molar-refractivity contribution in [3.8, 4) is 0 Å². The Labute approximate surface area is 178 Å². The lowest BCUT2D eigenvalue weighted by Gasteiger charge is -2.23. The Hall–Kier alpha value is -3.04. The average Bonchev–Trinajstić information content (AvgIpc) is 3.15. The first-order chi connectivity index (χ1) is 14.9. The Morgan fingerprint density at radius 3 is 2.74 bits per heavy atom. The molecule has 4 aromatic rings. The van der Waals surface area contributed by atoms with Gasteiger partial charge in [0.05, 0.1) is 26.9 Å². The molecule has 5 rings (SSSR count). The number of benzene rings is 2. The van der Waals surface area contributed by atoms with Crippen molar-refractivity contribution in [2.45, 2.75) is 29.9 Å². The van der Waals surface area contributed by atoms with Crippen molar-refractivity contribution in [1.29, 1.82) is 0 Å². The third-order valence-electron chi connectivity index (χ3n) is 5.73. The summed E-state index contributed by atoms with van der Waals surface area (Å²) in [5, 5.41) is 11.1. The van der Waals surface area contributed by atoms with Gasteiger partial charge in [-0.1, -0.05) is 0 Å². The van der Waals surface area contributed by atoms with Crippen LogP contribution in [0, 0.1) is 12.7 Å². The molecule has 0 aliphatic carbocycles. The molecule has 31 heavy (non-hydrogen) atoms. The molecule has 2 N–H and O–H groups in total. The van der Waals surface area contributed by atoms with E-state index in [1.807, 2.05) is 0 Å². The molecule has 2 aromatic carbocycles. The summed E-state index contributed by atoms with van der Waals surface area (Å²) in [4.78, 5) is 4.71. The Balaban J connectivity index is 1.61. The number of halogens is 1. The number of aryl methyl sites for hydroxylation is 1. The fourth-order valence-corrected chi connectivity index (χ4v) is 6.03. The number of H-pyrrole nitrogens is 1. The highest BCUT2D eigenvalue weighted by molar-refractivity contribution is 7.92. The third kappa shape index (κ3) is 3.53. The normalized spacial score (nSPS) is 15.5. The number of fused-ring (bicyclic) bond motifs is 2. The van der Waals surface area contributed by atoms with Crippen LogP contribution >= 0.6 is 0 Å². The van der Waals surface area contributed by atoms with Gasteiger partial charge in [0, 0.05) is 30.2 Å². The highest BCUT2D eigenvalue weighted by Crippen LogP contribution is 2.33. The second-order valence-corrected chi connectivity index (χ2v) is 9.93. The maximum atomic E-state index is 13.7. The van der Waals surface area contributed by atoms with Gasteiger partial charge >= 0.3 is 0 Å². The topological polar surface area (TPSA) is 97.0 Å². The molecular formula is C22H21FN4O3S. The molecule has 1 fully saturated rings. The van der Waals surface area contributed by atoms with Gasteiger partial charge in [-0.05, 0) is 61.7 Å². The largest absolute Gasteiger partial charge is 0.381 e. The summed E-state index contributed by atoms with van der Waals surface area (Å²) >= 11 is 0. The van der Waals surface area contributed by atoms with Crippen LogP contribution in [0.1, 0.15) is 18.4 Å². The number of nitrogens with one attached hydrogen (secondary N) is 2. The molecule has 0 saturated carbocycles. The van der Waals surface area contributed by atoms with Gasteiger partial charge in [-0.2, -0.15) is 5.10 Å². The maximum absolute atomic E-state index is 13.7. The van der Waals surface area contributed by atoms with Crippen molar-refractivity contribution in [2.24, 2.45) is 0 Å². The molecule has 1 aliphatic heterocycles. The summed E-state index contributed by atoms with van der Waals surface area (Å²) in [5.74, 6) is 0.0911. The standard InChI is InChI=1S/C22H21FN4O3S/c1-13-10-20-16(12-21(13)31(28,29)15-5-8-30-9-6-15)18(4-7-24-20)25-22-17-11-14(23)2-3-19(17)26-27-22/h2-4,7,10-12,15H,5-6,8-9H2,1H3,(H2,24,25,26,27). The lowest BCUT2D eigenvalue weighted by Crippen LogP contribution is -2.29. The zero-order valence-electron chi connectivity index (χ0n) is 16.9. The molecule has 9 heteroatoms. The van der Waals surface area contributed by atoms with E-state index >= 15 is 0 Å². The van der Waals surface area contributed by atoms with Crippen LogP contribution in [0.2, 0.25) is 0 Å². The molecule has 3 heterocycles. The Morgan fingerprint density at radius 1 is 1.13 bits per heavy atom. The van der Waals surface area contributed by atoms with E-state index in [-0.39, 0.29) is 5.82 Å². The van der Waals surface area contributed by atoms with Crippen molar-refractivity contribution in [2.75, 3.05) is 18.5 Å². The van der Waals surface area contributed by atoms with Crippen molar-refractivity contribution < 1.29 is 17.5 Å². The minimum absolute atomic E-state index is 0.306. The van der Waals surface area contributed by atoms with Gasteiger partial charge in [0.25, 0.3) is 0 Å². The maximum Gasteiger partial charge on any atom is 0.181 e. The molecule has 0 bridgehead atoms. The van der Waals surface area contributed by atoms with Crippen LogP contribution in [-0.2, 0) is 14.6 Å². The van der Waals surface area contributed by atoms with Crippen LogP contribution < -0.4 is 5.32 Å². The van der Waals surface area contributed by atoms with Crippen LogP contribution in [0.4, 0.5) is 15.9 Å². The predicted molar refractivity (Wildman–Crippen MR) is 117 cm³/mol. The molecule has 0 atom stereocenters. The SMILES string of the molecule is Cc1cc2nccc(Nc3n[nH]c4ccc(F)cc34)c2cc1S(=O)(=O)C1CCOCC1. The van der Waals surface area contributed by atoms with E-state index in [4.69, 9.17) is 4.74 Å². The number of ether oxygens (including phenoxy) is 1. The number of sulfone groups is 1. The first kappa shape index (κ1) is 19.9. The summed E-state index contributed by atoms with van der Waals surface area (Å²) in [7, 11) is -3.51. The number of anilines is 2. The van der Waals surface area contributed by atoms with E-state index in [0.29, 0.717) is 69.8 Å². The number of aromatic amines is 1. The van der Waals surface area contributed by atoms with Crippen LogP contribution in [0.3, 0.4) is 0 Å². The second-order valence-electron chi connectivity index (χ2n) is 7.74. The smallest absolute Gasteiger partial charge is 0.181 e. The minimum Gasteiger partial charge on any atom is -0.381 e. The Kier molecular flexibility index (Phi) is 4.86. The molecule has 1 aliphatic rings. The zero-order chi connectivity index (χ0) is 21.6. The lowest BCUT2D eigenvalue weighted by atomic mass is 10.1. The molecule has 0 unspecified atom stereocenters. The van der Waals surface area contributed by atoms with Gasteiger partial charge in [-0.15, -0.1) is 0 Å². The third-order valence-corrected chi connectivity index (χ3v) is 8.13. The van der Waals surface area contributed by atoms with Gasteiger partial charge in [0.1, 0.15) is 5.82 Å². The van der Waals surface area contributed by atoms with Gasteiger partial charge in [0.2, 0.25) is 0 Å². The van der Waals surface area contributed by atoms with Gasteiger partial charge in [-0.3, -0.25) is 10.1 Å². The fourth-order valence-electron chi connectivity index (χ4n) is 4.07. The van der Waals surface area contributed by atoms with E-state index in [9.17, 15) is 12.8 Å². The quantitative estimate of drug-likeness (QED) is 0.492. The second kappa shape index (κ2) is 7.58. The Bertz CT molecular complexity index is 1390. The van der Waals surface area contributed by atoms with Gasteiger partial charge in [-0.25, -0.2) is 12.8 Å². The number of nitrogens with zero attached hydrogens (tertiary/aromatic N) is 2. The first-order valence-corrected chi connectivity index (χ1v) is 11.6. The van der Waals surface area contributed by atoms with Crippen LogP contribution in [0.25, 0.3) is 21.8 Å². The number of pyridine rings is 1. The number of rotatable bonds is 4. The zero-order valence-corrected chi connectivity index (χ0v) is 17.7. The highest BCUT2D eigenvalue weighted by Gasteiger charge is 2.31. The van der Waals surface area contributed by atoms with E-state index in [0.717, 1.165) is 0 Å². The van der Waals surface area contributed by atoms with E-state index in [1.165, 1.54) is 12.1 Å².